The smallest absolute Gasteiger partial charge is 0.224 e. The minimum Gasteiger partial charge on any atom is -0.326 e. The molecule has 0 aromatic heterocycles. The Labute approximate surface area is 136 Å². The van der Waals surface area contributed by atoms with Gasteiger partial charge in [-0.3, -0.25) is 4.79 Å². The SMILES string of the molecule is CCC(=O)Nc1cccc2cccc(/C=C/c3ccccc3)c12. The average Bonchev–Trinajstić information content (AvgIpc) is 2.60. The number of anilines is 1. The molecule has 0 saturated heterocycles. The van der Waals surface area contributed by atoms with E-state index in [4.69, 9.17) is 0 Å². The Morgan fingerprint density at radius 1 is 0.913 bits per heavy atom. The first kappa shape index (κ1) is 15.0. The number of rotatable bonds is 4. The highest BCUT2D eigenvalue weighted by atomic mass is 16.1. The zero-order chi connectivity index (χ0) is 16.1. The van der Waals surface area contributed by atoms with Gasteiger partial charge in [-0.1, -0.05) is 79.7 Å². The van der Waals surface area contributed by atoms with Crippen molar-refractivity contribution < 1.29 is 4.79 Å². The van der Waals surface area contributed by atoms with Gasteiger partial charge in [0.05, 0.1) is 0 Å². The Hall–Kier alpha value is -2.87. The Bertz CT molecular complexity index is 845. The molecule has 0 spiro atoms. The normalized spacial score (nSPS) is 11.0. The fraction of sp³-hybridized carbons (Fsp3) is 0.0952. The highest BCUT2D eigenvalue weighted by molar-refractivity contribution is 6.06. The molecule has 0 atom stereocenters. The van der Waals surface area contributed by atoms with Gasteiger partial charge in [-0.15, -0.1) is 0 Å². The Morgan fingerprint density at radius 3 is 2.39 bits per heavy atom. The first-order valence-corrected chi connectivity index (χ1v) is 7.82. The van der Waals surface area contributed by atoms with E-state index in [0.29, 0.717) is 6.42 Å². The van der Waals surface area contributed by atoms with Gasteiger partial charge < -0.3 is 5.32 Å². The van der Waals surface area contributed by atoms with Crippen LogP contribution in [0.15, 0.2) is 66.7 Å². The van der Waals surface area contributed by atoms with Crippen molar-refractivity contribution in [3.8, 4) is 0 Å². The van der Waals surface area contributed by atoms with Crippen molar-refractivity contribution in [2.45, 2.75) is 13.3 Å². The van der Waals surface area contributed by atoms with E-state index in [1.165, 1.54) is 0 Å². The lowest BCUT2D eigenvalue weighted by Crippen LogP contribution is -2.09. The standard InChI is InChI=1S/C21H19NO/c1-2-20(23)22-19-13-7-12-17-10-6-11-18(21(17)19)15-14-16-8-4-3-5-9-16/h3-15H,2H2,1H3,(H,22,23)/b15-14+. The number of fused-ring (bicyclic) bond motifs is 1. The minimum absolute atomic E-state index is 0.0272. The van der Waals surface area contributed by atoms with Crippen LogP contribution in [-0.2, 0) is 4.79 Å². The number of amides is 1. The number of carbonyl (C=O) groups excluding carboxylic acids is 1. The van der Waals surface area contributed by atoms with Gasteiger partial charge in [0, 0.05) is 17.5 Å². The van der Waals surface area contributed by atoms with Crippen LogP contribution in [0.25, 0.3) is 22.9 Å². The molecule has 0 aliphatic carbocycles. The van der Waals surface area contributed by atoms with Gasteiger partial charge in [-0.25, -0.2) is 0 Å². The molecule has 114 valence electrons. The molecule has 0 radical (unpaired) electrons. The zero-order valence-electron chi connectivity index (χ0n) is 13.1. The number of hydrogen-bond acceptors (Lipinski definition) is 1. The molecule has 1 amide bonds. The molecule has 2 heteroatoms. The number of nitrogens with one attached hydrogen (secondary N) is 1. The van der Waals surface area contributed by atoms with Crippen LogP contribution in [0, 0.1) is 0 Å². The van der Waals surface area contributed by atoms with Gasteiger partial charge in [-0.05, 0) is 22.6 Å². The Morgan fingerprint density at radius 2 is 1.65 bits per heavy atom. The van der Waals surface area contributed by atoms with Gasteiger partial charge in [0.25, 0.3) is 0 Å². The fourth-order valence-electron chi connectivity index (χ4n) is 2.60. The summed E-state index contributed by atoms with van der Waals surface area (Å²) in [6.07, 6.45) is 4.66. The van der Waals surface area contributed by atoms with Crippen LogP contribution in [0.3, 0.4) is 0 Å². The molecule has 0 fully saturated rings. The van der Waals surface area contributed by atoms with Gasteiger partial charge in [0.15, 0.2) is 0 Å². The van der Waals surface area contributed by atoms with E-state index in [1.54, 1.807) is 0 Å². The molecule has 3 rings (SSSR count). The quantitative estimate of drug-likeness (QED) is 0.646. The third-order valence-electron chi connectivity index (χ3n) is 3.79. The van der Waals surface area contributed by atoms with Crippen LogP contribution in [0.4, 0.5) is 5.69 Å². The summed E-state index contributed by atoms with van der Waals surface area (Å²) in [6, 6.07) is 22.4. The molecule has 0 bridgehead atoms. The molecule has 3 aromatic carbocycles. The molecular weight excluding hydrogens is 282 g/mol. The van der Waals surface area contributed by atoms with E-state index in [9.17, 15) is 4.79 Å². The maximum atomic E-state index is 11.8. The summed E-state index contributed by atoms with van der Waals surface area (Å²) in [4.78, 5) is 11.8. The summed E-state index contributed by atoms with van der Waals surface area (Å²) in [6.45, 7) is 1.86. The van der Waals surface area contributed by atoms with Crippen LogP contribution in [0.5, 0.6) is 0 Å². The first-order valence-electron chi connectivity index (χ1n) is 7.82. The summed E-state index contributed by atoms with van der Waals surface area (Å²) >= 11 is 0. The number of benzene rings is 3. The molecule has 0 aliphatic heterocycles. The van der Waals surface area contributed by atoms with Crippen molar-refractivity contribution in [3.05, 3.63) is 77.9 Å². The van der Waals surface area contributed by atoms with Gasteiger partial charge in [0.2, 0.25) is 5.91 Å². The largest absolute Gasteiger partial charge is 0.326 e. The monoisotopic (exact) mass is 301 g/mol. The molecule has 23 heavy (non-hydrogen) atoms. The number of hydrogen-bond donors (Lipinski definition) is 1. The summed E-state index contributed by atoms with van der Waals surface area (Å²) in [5, 5.41) is 5.19. The molecule has 0 saturated carbocycles. The van der Waals surface area contributed by atoms with Crippen molar-refractivity contribution >= 4 is 34.5 Å². The highest BCUT2D eigenvalue weighted by Gasteiger charge is 2.06. The lowest BCUT2D eigenvalue weighted by Gasteiger charge is -2.10. The minimum atomic E-state index is 0.0272. The summed E-state index contributed by atoms with van der Waals surface area (Å²) in [5.74, 6) is 0.0272. The van der Waals surface area contributed by atoms with Crippen LogP contribution in [-0.4, -0.2) is 5.91 Å². The summed E-state index contributed by atoms with van der Waals surface area (Å²) in [7, 11) is 0. The molecule has 0 aliphatic rings. The summed E-state index contributed by atoms with van der Waals surface area (Å²) in [5.41, 5.74) is 3.11. The maximum absolute atomic E-state index is 11.8. The van der Waals surface area contributed by atoms with Crippen molar-refractivity contribution in [3.63, 3.8) is 0 Å². The van der Waals surface area contributed by atoms with Crippen molar-refractivity contribution in [2.24, 2.45) is 0 Å². The highest BCUT2D eigenvalue weighted by Crippen LogP contribution is 2.28. The zero-order valence-corrected chi connectivity index (χ0v) is 13.1. The second-order valence-corrected chi connectivity index (χ2v) is 5.40. The lowest BCUT2D eigenvalue weighted by atomic mass is 10.0. The van der Waals surface area contributed by atoms with Crippen LogP contribution in [0.2, 0.25) is 0 Å². The molecule has 1 N–H and O–H groups in total. The van der Waals surface area contributed by atoms with E-state index in [1.807, 2.05) is 43.3 Å². The van der Waals surface area contributed by atoms with Crippen LogP contribution < -0.4 is 5.32 Å². The third-order valence-corrected chi connectivity index (χ3v) is 3.79. The Kier molecular flexibility index (Phi) is 4.53. The third kappa shape index (κ3) is 3.49. The molecule has 2 nitrogen and oxygen atoms in total. The fourth-order valence-corrected chi connectivity index (χ4v) is 2.60. The van der Waals surface area contributed by atoms with Crippen molar-refractivity contribution in [2.75, 3.05) is 5.32 Å². The molecule has 0 heterocycles. The predicted molar refractivity (Wildman–Crippen MR) is 98.2 cm³/mol. The van der Waals surface area contributed by atoms with Crippen LogP contribution >= 0.6 is 0 Å². The second kappa shape index (κ2) is 6.93. The topological polar surface area (TPSA) is 29.1 Å². The molecular formula is C21H19NO. The molecule has 0 unspecified atom stereocenters. The number of carbonyl (C=O) groups is 1. The predicted octanol–water partition coefficient (Wildman–Crippen LogP) is 5.36. The van der Waals surface area contributed by atoms with Gasteiger partial charge >= 0.3 is 0 Å². The van der Waals surface area contributed by atoms with E-state index >= 15 is 0 Å². The van der Waals surface area contributed by atoms with E-state index in [2.05, 4.69) is 47.8 Å². The molecule has 3 aromatic rings. The van der Waals surface area contributed by atoms with E-state index in [0.717, 1.165) is 27.6 Å². The van der Waals surface area contributed by atoms with E-state index in [-0.39, 0.29) is 5.91 Å². The maximum Gasteiger partial charge on any atom is 0.224 e. The Balaban J connectivity index is 2.06. The van der Waals surface area contributed by atoms with Crippen molar-refractivity contribution in [1.82, 2.24) is 0 Å². The van der Waals surface area contributed by atoms with Gasteiger partial charge in [-0.2, -0.15) is 0 Å². The van der Waals surface area contributed by atoms with Crippen LogP contribution in [0.1, 0.15) is 24.5 Å². The second-order valence-electron chi connectivity index (χ2n) is 5.40. The average molecular weight is 301 g/mol. The summed E-state index contributed by atoms with van der Waals surface area (Å²) < 4.78 is 0. The lowest BCUT2D eigenvalue weighted by molar-refractivity contribution is -0.115. The first-order chi connectivity index (χ1) is 11.3. The van der Waals surface area contributed by atoms with Crippen molar-refractivity contribution in [1.29, 1.82) is 0 Å². The van der Waals surface area contributed by atoms with Gasteiger partial charge in [0.1, 0.15) is 0 Å². The van der Waals surface area contributed by atoms with E-state index < -0.39 is 0 Å².